The van der Waals surface area contributed by atoms with E-state index in [2.05, 4.69) is 6.92 Å². The zero-order valence-electron chi connectivity index (χ0n) is 11.0. The molecule has 1 fully saturated rings. The number of carbonyl (C=O) groups excluding carboxylic acids is 1. The van der Waals surface area contributed by atoms with Crippen LogP contribution in [0.1, 0.15) is 18.9 Å². The van der Waals surface area contributed by atoms with Gasteiger partial charge in [0.05, 0.1) is 0 Å². The van der Waals surface area contributed by atoms with Gasteiger partial charge in [0.25, 0.3) is 5.91 Å². The third kappa shape index (κ3) is 2.44. The van der Waals surface area contributed by atoms with Crippen molar-refractivity contribution in [3.63, 3.8) is 0 Å². The Kier molecular flexibility index (Phi) is 3.40. The van der Waals surface area contributed by atoms with Crippen LogP contribution in [0.4, 0.5) is 0 Å². The molecule has 2 heterocycles. The van der Waals surface area contributed by atoms with Crippen molar-refractivity contribution in [3.8, 4) is 5.75 Å². The molecule has 2 aliphatic heterocycles. The number of alkyl halides is 1. The molecule has 0 spiro atoms. The summed E-state index contributed by atoms with van der Waals surface area (Å²) in [6, 6.07) is 7.87. The number of para-hydroxylation sites is 1. The summed E-state index contributed by atoms with van der Waals surface area (Å²) in [6.07, 6.45) is 1.20. The Morgan fingerprint density at radius 1 is 1.42 bits per heavy atom. The monoisotopic (exact) mass is 279 g/mol. The van der Waals surface area contributed by atoms with E-state index in [1.54, 1.807) is 0 Å². The molecule has 3 unspecified atom stereocenters. The van der Waals surface area contributed by atoms with Crippen molar-refractivity contribution in [3.05, 3.63) is 29.8 Å². The van der Waals surface area contributed by atoms with Gasteiger partial charge >= 0.3 is 0 Å². The van der Waals surface area contributed by atoms with Crippen LogP contribution >= 0.6 is 11.6 Å². The topological polar surface area (TPSA) is 29.5 Å². The Morgan fingerprint density at radius 3 is 2.95 bits per heavy atom. The summed E-state index contributed by atoms with van der Waals surface area (Å²) in [5, 5.41) is 0.186. The fraction of sp³-hybridized carbons (Fsp3) is 0.533. The normalized spacial score (nSPS) is 29.8. The average Bonchev–Trinajstić information content (AvgIpc) is 2.85. The number of likely N-dealkylation sites (tertiary alicyclic amines) is 1. The van der Waals surface area contributed by atoms with Gasteiger partial charge in [-0.05, 0) is 24.0 Å². The molecule has 0 saturated carbocycles. The molecule has 1 aromatic rings. The molecule has 1 amide bonds. The summed E-state index contributed by atoms with van der Waals surface area (Å²) >= 11 is 6.20. The Balaban J connectivity index is 1.67. The number of benzene rings is 1. The third-order valence-electron chi connectivity index (χ3n) is 4.03. The van der Waals surface area contributed by atoms with Gasteiger partial charge in [-0.25, -0.2) is 0 Å². The van der Waals surface area contributed by atoms with Gasteiger partial charge in [-0.2, -0.15) is 0 Å². The second-order valence-electron chi connectivity index (χ2n) is 5.48. The number of amides is 1. The first-order valence-electron chi connectivity index (χ1n) is 6.82. The molecule has 3 atom stereocenters. The van der Waals surface area contributed by atoms with Crippen molar-refractivity contribution in [1.82, 2.24) is 4.90 Å². The summed E-state index contributed by atoms with van der Waals surface area (Å²) in [4.78, 5) is 14.4. The van der Waals surface area contributed by atoms with Crippen molar-refractivity contribution in [2.75, 3.05) is 13.1 Å². The molecule has 1 saturated heterocycles. The zero-order valence-corrected chi connectivity index (χ0v) is 11.8. The number of nitrogens with zero attached hydrogens (tertiary/aromatic N) is 1. The first-order valence-corrected chi connectivity index (χ1v) is 7.26. The van der Waals surface area contributed by atoms with E-state index < -0.39 is 0 Å². The van der Waals surface area contributed by atoms with E-state index in [0.29, 0.717) is 12.3 Å². The number of fused-ring (bicyclic) bond motifs is 1. The summed E-state index contributed by atoms with van der Waals surface area (Å²) in [5.74, 6) is 1.30. The van der Waals surface area contributed by atoms with E-state index in [-0.39, 0.29) is 17.4 Å². The standard InChI is InChI=1S/C15H18ClNO2/c1-10-9-17(7-6-12(10)16)15(18)14-8-11-4-2-3-5-13(11)19-14/h2-5,10,12,14H,6-9H2,1H3. The minimum atomic E-state index is -0.350. The maximum atomic E-state index is 12.5. The Bertz CT molecular complexity index is 466. The SMILES string of the molecule is CC1CN(C(=O)C2Cc3ccccc3O2)CCC1Cl. The van der Waals surface area contributed by atoms with E-state index in [4.69, 9.17) is 16.3 Å². The predicted octanol–water partition coefficient (Wildman–Crippen LogP) is 2.47. The molecule has 0 bridgehead atoms. The molecule has 102 valence electrons. The third-order valence-corrected chi connectivity index (χ3v) is 4.68. The minimum Gasteiger partial charge on any atom is -0.480 e. The van der Waals surface area contributed by atoms with Crippen molar-refractivity contribution < 1.29 is 9.53 Å². The van der Waals surface area contributed by atoms with Gasteiger partial charge in [-0.15, -0.1) is 11.6 Å². The molecule has 0 aliphatic carbocycles. The molecule has 1 aromatic carbocycles. The largest absolute Gasteiger partial charge is 0.480 e. The molecule has 3 rings (SSSR count). The summed E-state index contributed by atoms with van der Waals surface area (Å²) < 4.78 is 5.76. The van der Waals surface area contributed by atoms with Gasteiger partial charge in [-0.1, -0.05) is 25.1 Å². The highest BCUT2D eigenvalue weighted by Crippen LogP contribution is 2.30. The fourth-order valence-corrected chi connectivity index (χ4v) is 3.02. The first kappa shape index (κ1) is 12.8. The van der Waals surface area contributed by atoms with E-state index in [1.165, 1.54) is 0 Å². The van der Waals surface area contributed by atoms with Crippen LogP contribution in [0, 0.1) is 5.92 Å². The van der Waals surface area contributed by atoms with Crippen LogP contribution in [0.25, 0.3) is 0 Å². The van der Waals surface area contributed by atoms with E-state index >= 15 is 0 Å². The van der Waals surface area contributed by atoms with Gasteiger partial charge in [0, 0.05) is 24.9 Å². The van der Waals surface area contributed by atoms with E-state index in [9.17, 15) is 4.79 Å². The first-order chi connectivity index (χ1) is 9.15. The molecule has 19 heavy (non-hydrogen) atoms. The Labute approximate surface area is 118 Å². The number of ether oxygens (including phenoxy) is 1. The maximum Gasteiger partial charge on any atom is 0.264 e. The lowest BCUT2D eigenvalue weighted by Crippen LogP contribution is -2.48. The number of hydrogen-bond donors (Lipinski definition) is 0. The molecule has 0 N–H and O–H groups in total. The number of carbonyl (C=O) groups is 1. The van der Waals surface area contributed by atoms with Gasteiger partial charge in [0.15, 0.2) is 6.10 Å². The van der Waals surface area contributed by atoms with Crippen LogP contribution in [0.5, 0.6) is 5.75 Å². The number of rotatable bonds is 1. The quantitative estimate of drug-likeness (QED) is 0.739. The van der Waals surface area contributed by atoms with Crippen molar-refractivity contribution in [2.45, 2.75) is 31.2 Å². The molecule has 2 aliphatic rings. The molecule has 0 aromatic heterocycles. The molecule has 4 heteroatoms. The lowest BCUT2D eigenvalue weighted by Gasteiger charge is -2.35. The van der Waals surface area contributed by atoms with Gasteiger partial charge in [0.1, 0.15) is 5.75 Å². The fourth-order valence-electron chi connectivity index (χ4n) is 2.84. The van der Waals surface area contributed by atoms with Crippen LogP contribution in [0.15, 0.2) is 24.3 Å². The van der Waals surface area contributed by atoms with Gasteiger partial charge in [-0.3, -0.25) is 4.79 Å². The molecular weight excluding hydrogens is 262 g/mol. The number of piperidine rings is 1. The van der Waals surface area contributed by atoms with Crippen LogP contribution in [-0.2, 0) is 11.2 Å². The van der Waals surface area contributed by atoms with E-state index in [0.717, 1.165) is 30.8 Å². The highest BCUT2D eigenvalue weighted by molar-refractivity contribution is 6.20. The smallest absolute Gasteiger partial charge is 0.264 e. The Hall–Kier alpha value is -1.22. The van der Waals surface area contributed by atoms with Crippen molar-refractivity contribution in [1.29, 1.82) is 0 Å². The van der Waals surface area contributed by atoms with Crippen LogP contribution in [0.2, 0.25) is 0 Å². The lowest BCUT2D eigenvalue weighted by molar-refractivity contribution is -0.139. The van der Waals surface area contributed by atoms with Gasteiger partial charge < -0.3 is 9.64 Å². The lowest BCUT2D eigenvalue weighted by atomic mass is 9.98. The predicted molar refractivity (Wildman–Crippen MR) is 74.6 cm³/mol. The second kappa shape index (κ2) is 5.04. The number of halogens is 1. The second-order valence-corrected chi connectivity index (χ2v) is 6.05. The average molecular weight is 280 g/mol. The number of hydrogen-bond acceptors (Lipinski definition) is 2. The van der Waals surface area contributed by atoms with E-state index in [1.807, 2.05) is 29.2 Å². The maximum absolute atomic E-state index is 12.5. The van der Waals surface area contributed by atoms with Crippen molar-refractivity contribution in [2.24, 2.45) is 5.92 Å². The summed E-state index contributed by atoms with van der Waals surface area (Å²) in [5.41, 5.74) is 1.13. The highest BCUT2D eigenvalue weighted by Gasteiger charge is 2.35. The Morgan fingerprint density at radius 2 is 2.21 bits per heavy atom. The molecular formula is C15H18ClNO2. The zero-order chi connectivity index (χ0) is 13.4. The summed E-state index contributed by atoms with van der Waals surface area (Å²) in [7, 11) is 0. The minimum absolute atomic E-state index is 0.103. The van der Waals surface area contributed by atoms with Crippen LogP contribution < -0.4 is 4.74 Å². The molecule has 0 radical (unpaired) electrons. The summed E-state index contributed by atoms with van der Waals surface area (Å²) in [6.45, 7) is 3.58. The van der Waals surface area contributed by atoms with Crippen molar-refractivity contribution >= 4 is 17.5 Å². The molecule has 3 nitrogen and oxygen atoms in total. The highest BCUT2D eigenvalue weighted by atomic mass is 35.5. The van der Waals surface area contributed by atoms with Crippen LogP contribution in [-0.4, -0.2) is 35.4 Å². The van der Waals surface area contributed by atoms with Gasteiger partial charge in [0.2, 0.25) is 0 Å². The van der Waals surface area contributed by atoms with Crippen LogP contribution in [0.3, 0.4) is 0 Å².